The van der Waals surface area contributed by atoms with Crippen LogP contribution in [0.5, 0.6) is 23.0 Å². The Kier molecular flexibility index (Phi) is 12.2. The third kappa shape index (κ3) is 9.70. The van der Waals surface area contributed by atoms with E-state index >= 15 is 0 Å². The maximum absolute atomic E-state index is 13.0. The fourth-order valence-corrected chi connectivity index (χ4v) is 5.25. The van der Waals surface area contributed by atoms with Crippen molar-refractivity contribution in [2.24, 2.45) is 11.8 Å². The Morgan fingerprint density at radius 2 is 0.880 bits per heavy atom. The van der Waals surface area contributed by atoms with Gasteiger partial charge in [0, 0.05) is 26.2 Å². The molecule has 0 bridgehead atoms. The number of rotatable bonds is 14. The van der Waals surface area contributed by atoms with Crippen LogP contribution in [-0.4, -0.2) is 47.0 Å². The molecule has 1 fully saturated rings. The number of amides is 2. The molecule has 0 heterocycles. The second-order valence-corrected chi connectivity index (χ2v) is 11.6. The van der Waals surface area contributed by atoms with Crippen LogP contribution in [0.15, 0.2) is 135 Å². The SMILES string of the molecule is C=CCN(Cc1ccc(Oc2ccccc2)cc1)C(=O)OC(=O)C1CCC1C(=O)OC(=O)N(CC=C)Cc1ccc(Oc2ccccc2)cc1. The summed E-state index contributed by atoms with van der Waals surface area (Å²) in [5.41, 5.74) is 1.56. The largest absolute Gasteiger partial charge is 0.457 e. The molecule has 0 saturated heterocycles. The number of carbonyl (C=O) groups excluding carboxylic acids is 4. The van der Waals surface area contributed by atoms with Gasteiger partial charge in [-0.25, -0.2) is 9.59 Å². The van der Waals surface area contributed by atoms with Gasteiger partial charge in [0.2, 0.25) is 0 Å². The standard InChI is InChI=1S/C40H38N2O8/c1-3-25-41(27-29-15-19-33(20-16-29)47-31-11-7-5-8-12-31)39(45)49-37(43)35-23-24-36(35)38(44)50-40(46)42(26-4-2)28-30-17-21-34(22-18-30)48-32-13-9-6-10-14-32/h3-22,35-36H,1-2,23-28H2. The summed E-state index contributed by atoms with van der Waals surface area (Å²) in [6.07, 6.45) is 1.95. The van der Waals surface area contributed by atoms with E-state index in [1.807, 2.05) is 84.9 Å². The number of hydrogen-bond acceptors (Lipinski definition) is 8. The number of hydrogen-bond donors (Lipinski definition) is 0. The Balaban J connectivity index is 1.12. The monoisotopic (exact) mass is 674 g/mol. The molecule has 1 aliphatic carbocycles. The van der Waals surface area contributed by atoms with E-state index in [1.54, 1.807) is 24.3 Å². The molecule has 0 aliphatic heterocycles. The molecule has 10 nitrogen and oxygen atoms in total. The van der Waals surface area contributed by atoms with Crippen molar-refractivity contribution in [1.82, 2.24) is 9.80 Å². The van der Waals surface area contributed by atoms with Crippen LogP contribution >= 0.6 is 0 Å². The van der Waals surface area contributed by atoms with E-state index in [1.165, 1.54) is 22.0 Å². The van der Waals surface area contributed by atoms with Gasteiger partial charge in [0.15, 0.2) is 0 Å². The van der Waals surface area contributed by atoms with Crippen LogP contribution in [-0.2, 0) is 32.2 Å². The van der Waals surface area contributed by atoms with Gasteiger partial charge in [-0.3, -0.25) is 19.4 Å². The van der Waals surface area contributed by atoms with E-state index in [4.69, 9.17) is 18.9 Å². The maximum atomic E-state index is 13.0. The Morgan fingerprint density at radius 1 is 0.540 bits per heavy atom. The minimum atomic E-state index is -0.913. The van der Waals surface area contributed by atoms with Crippen LogP contribution in [0, 0.1) is 11.8 Å². The van der Waals surface area contributed by atoms with Crippen LogP contribution in [0.2, 0.25) is 0 Å². The number of para-hydroxylation sites is 2. The lowest BCUT2D eigenvalue weighted by molar-refractivity contribution is -0.161. The van der Waals surface area contributed by atoms with Crippen LogP contribution in [0.4, 0.5) is 9.59 Å². The van der Waals surface area contributed by atoms with Crippen molar-refractivity contribution < 1.29 is 38.1 Å². The van der Waals surface area contributed by atoms with Crippen LogP contribution in [0.3, 0.4) is 0 Å². The van der Waals surface area contributed by atoms with E-state index in [0.717, 1.165) is 11.1 Å². The third-order valence-corrected chi connectivity index (χ3v) is 8.02. The average Bonchev–Trinajstić information content (AvgIpc) is 3.10. The highest BCUT2D eigenvalue weighted by molar-refractivity contribution is 5.93. The molecule has 4 aromatic carbocycles. The van der Waals surface area contributed by atoms with Gasteiger partial charge in [-0.2, -0.15) is 0 Å². The zero-order valence-corrected chi connectivity index (χ0v) is 27.5. The van der Waals surface area contributed by atoms with Crippen molar-refractivity contribution in [2.45, 2.75) is 25.9 Å². The van der Waals surface area contributed by atoms with Gasteiger partial charge in [-0.05, 0) is 72.5 Å². The van der Waals surface area contributed by atoms with Crippen molar-refractivity contribution >= 4 is 24.1 Å². The second kappa shape index (κ2) is 17.3. The molecular weight excluding hydrogens is 636 g/mol. The van der Waals surface area contributed by atoms with Crippen molar-refractivity contribution in [3.8, 4) is 23.0 Å². The molecule has 50 heavy (non-hydrogen) atoms. The highest BCUT2D eigenvalue weighted by atomic mass is 16.6. The normalized spacial score (nSPS) is 14.6. The zero-order valence-electron chi connectivity index (χ0n) is 27.5. The van der Waals surface area contributed by atoms with Crippen molar-refractivity contribution in [2.75, 3.05) is 13.1 Å². The molecule has 0 spiro atoms. The highest BCUT2D eigenvalue weighted by Gasteiger charge is 2.45. The minimum absolute atomic E-state index is 0.126. The van der Waals surface area contributed by atoms with Gasteiger partial charge in [-0.15, -0.1) is 13.2 Å². The van der Waals surface area contributed by atoms with Crippen molar-refractivity contribution in [3.05, 3.63) is 146 Å². The molecule has 0 N–H and O–H groups in total. The second-order valence-electron chi connectivity index (χ2n) is 11.6. The molecule has 2 atom stereocenters. The van der Waals surface area contributed by atoms with Gasteiger partial charge in [0.25, 0.3) is 0 Å². The van der Waals surface area contributed by atoms with Crippen LogP contribution < -0.4 is 9.47 Å². The first-order chi connectivity index (χ1) is 24.3. The summed E-state index contributed by atoms with van der Waals surface area (Å²) in [5.74, 6) is -0.870. The van der Waals surface area contributed by atoms with Crippen LogP contribution in [0.25, 0.3) is 0 Å². The summed E-state index contributed by atoms with van der Waals surface area (Å²) < 4.78 is 22.0. The van der Waals surface area contributed by atoms with Gasteiger partial charge in [-0.1, -0.05) is 72.8 Å². The Hall–Kier alpha value is -6.16. The number of carbonyl (C=O) groups is 4. The Morgan fingerprint density at radius 3 is 1.20 bits per heavy atom. The lowest BCUT2D eigenvalue weighted by Gasteiger charge is -2.33. The lowest BCUT2D eigenvalue weighted by atomic mass is 9.74. The molecule has 0 radical (unpaired) electrons. The number of nitrogens with zero attached hydrogens (tertiary/aromatic N) is 2. The molecular formula is C40H38N2O8. The first kappa shape index (κ1) is 35.2. The number of benzene rings is 4. The minimum Gasteiger partial charge on any atom is -0.457 e. The first-order valence-electron chi connectivity index (χ1n) is 16.2. The van der Waals surface area contributed by atoms with Gasteiger partial charge in [0.05, 0.1) is 11.8 Å². The van der Waals surface area contributed by atoms with Crippen LogP contribution in [0.1, 0.15) is 24.0 Å². The topological polar surface area (TPSA) is 112 Å². The predicted octanol–water partition coefficient (Wildman–Crippen LogP) is 8.30. The Labute approximate surface area is 291 Å². The molecule has 2 amide bonds. The molecule has 10 heteroatoms. The average molecular weight is 675 g/mol. The lowest BCUT2D eigenvalue weighted by Crippen LogP contribution is -2.44. The molecule has 256 valence electrons. The van der Waals surface area contributed by atoms with Crippen molar-refractivity contribution in [3.63, 3.8) is 0 Å². The number of esters is 2. The van der Waals surface area contributed by atoms with Crippen molar-refractivity contribution in [1.29, 1.82) is 0 Å². The number of ether oxygens (including phenoxy) is 4. The molecule has 1 saturated carbocycles. The van der Waals surface area contributed by atoms with Gasteiger partial charge < -0.3 is 18.9 Å². The summed E-state index contributed by atoms with van der Waals surface area (Å²) in [6, 6.07) is 33.1. The Bertz CT molecular complexity index is 1640. The summed E-state index contributed by atoms with van der Waals surface area (Å²) in [4.78, 5) is 54.7. The van der Waals surface area contributed by atoms with E-state index in [-0.39, 0.29) is 26.2 Å². The summed E-state index contributed by atoms with van der Waals surface area (Å²) >= 11 is 0. The molecule has 2 unspecified atom stereocenters. The summed E-state index contributed by atoms with van der Waals surface area (Å²) in [7, 11) is 0. The summed E-state index contributed by atoms with van der Waals surface area (Å²) in [5, 5.41) is 0. The smallest absolute Gasteiger partial charge is 0.418 e. The quantitative estimate of drug-likeness (QED) is 0.0746. The predicted molar refractivity (Wildman–Crippen MR) is 186 cm³/mol. The van der Waals surface area contributed by atoms with E-state index < -0.39 is 36.0 Å². The fraction of sp³-hybridized carbons (Fsp3) is 0.200. The molecule has 5 rings (SSSR count). The van der Waals surface area contributed by atoms with E-state index in [0.29, 0.717) is 35.8 Å². The highest BCUT2D eigenvalue weighted by Crippen LogP contribution is 2.36. The van der Waals surface area contributed by atoms with Gasteiger partial charge >= 0.3 is 24.1 Å². The molecule has 4 aromatic rings. The van der Waals surface area contributed by atoms with Gasteiger partial charge in [0.1, 0.15) is 23.0 Å². The van der Waals surface area contributed by atoms with E-state index in [2.05, 4.69) is 13.2 Å². The van der Waals surface area contributed by atoms with E-state index in [9.17, 15) is 19.2 Å². The maximum Gasteiger partial charge on any atom is 0.418 e. The molecule has 0 aromatic heterocycles. The zero-order chi connectivity index (χ0) is 35.3. The molecule has 1 aliphatic rings. The first-order valence-corrected chi connectivity index (χ1v) is 16.2. The summed E-state index contributed by atoms with van der Waals surface area (Å²) in [6.45, 7) is 7.95. The fourth-order valence-electron chi connectivity index (χ4n) is 5.25. The third-order valence-electron chi connectivity index (χ3n) is 8.02.